The van der Waals surface area contributed by atoms with Crippen LogP contribution >= 0.6 is 12.4 Å². The zero-order valence-corrected chi connectivity index (χ0v) is 19.3. The number of hydrogen-bond acceptors (Lipinski definition) is 2. The molecule has 1 aliphatic rings. The van der Waals surface area contributed by atoms with Gasteiger partial charge in [0.05, 0.1) is 6.10 Å². The van der Waals surface area contributed by atoms with Crippen LogP contribution in [0.1, 0.15) is 88.0 Å². The van der Waals surface area contributed by atoms with Gasteiger partial charge in [-0.3, -0.25) is 0 Å². The molecule has 0 aliphatic heterocycles. The number of aryl methyl sites for hydroxylation is 2. The maximum atomic E-state index is 11.3. The third kappa shape index (κ3) is 6.44. The van der Waals surface area contributed by atoms with Crippen molar-refractivity contribution in [1.29, 1.82) is 0 Å². The number of fused-ring (bicyclic) bond motifs is 3. The first-order valence-corrected chi connectivity index (χ1v) is 11.7. The highest BCUT2D eigenvalue weighted by molar-refractivity contribution is 5.90. The number of aliphatic hydroxyl groups excluding tert-OH is 1. The predicted molar refractivity (Wildman–Crippen MR) is 128 cm³/mol. The van der Waals surface area contributed by atoms with Crippen LogP contribution < -0.4 is 0 Å². The van der Waals surface area contributed by atoms with Crippen molar-refractivity contribution in [2.24, 2.45) is 0 Å². The summed E-state index contributed by atoms with van der Waals surface area (Å²) in [5.74, 6) is 0. The molecule has 1 atom stereocenters. The highest BCUT2D eigenvalue weighted by Crippen LogP contribution is 2.34. The van der Waals surface area contributed by atoms with Gasteiger partial charge in [0.1, 0.15) is 0 Å². The molecule has 1 aliphatic carbocycles. The van der Waals surface area contributed by atoms with E-state index in [-0.39, 0.29) is 12.4 Å². The molecule has 29 heavy (non-hydrogen) atoms. The van der Waals surface area contributed by atoms with Gasteiger partial charge in [0.2, 0.25) is 0 Å². The first-order chi connectivity index (χ1) is 13.7. The van der Waals surface area contributed by atoms with Crippen LogP contribution in [0, 0.1) is 0 Å². The molecule has 2 aromatic rings. The Bertz CT molecular complexity index is 735. The molecule has 1 unspecified atom stereocenters. The Morgan fingerprint density at radius 2 is 1.52 bits per heavy atom. The number of hydrogen-bond donors (Lipinski definition) is 1. The molecular formula is C26H40ClNO. The van der Waals surface area contributed by atoms with Crippen molar-refractivity contribution in [2.75, 3.05) is 19.6 Å². The Labute approximate surface area is 184 Å². The van der Waals surface area contributed by atoms with Crippen molar-refractivity contribution in [3.05, 3.63) is 47.0 Å². The second-order valence-corrected chi connectivity index (χ2v) is 8.59. The molecule has 0 aromatic heterocycles. The molecule has 0 fully saturated rings. The lowest BCUT2D eigenvalue weighted by atomic mass is 9.84. The van der Waals surface area contributed by atoms with Gasteiger partial charge >= 0.3 is 0 Å². The van der Waals surface area contributed by atoms with Crippen molar-refractivity contribution in [3.8, 4) is 0 Å². The van der Waals surface area contributed by atoms with Gasteiger partial charge in [0.15, 0.2) is 0 Å². The number of unbranched alkanes of at least 4 members (excludes halogenated alkanes) is 4. The molecule has 2 aromatic carbocycles. The van der Waals surface area contributed by atoms with E-state index in [2.05, 4.69) is 49.1 Å². The van der Waals surface area contributed by atoms with Gasteiger partial charge in [0.25, 0.3) is 0 Å². The molecule has 0 radical (unpaired) electrons. The molecule has 3 rings (SSSR count). The van der Waals surface area contributed by atoms with Gasteiger partial charge in [-0.1, -0.05) is 69.9 Å². The number of rotatable bonds is 11. The average molecular weight is 418 g/mol. The smallest absolute Gasteiger partial charge is 0.0923 e. The van der Waals surface area contributed by atoms with E-state index < -0.39 is 6.10 Å². The Balaban J connectivity index is 0.00000300. The van der Waals surface area contributed by atoms with Gasteiger partial charge in [-0.15, -0.1) is 12.4 Å². The Kier molecular flexibility index (Phi) is 10.5. The fraction of sp³-hybridized carbons (Fsp3) is 0.615. The molecule has 0 amide bonds. The third-order valence-corrected chi connectivity index (χ3v) is 6.35. The van der Waals surface area contributed by atoms with E-state index in [1.165, 1.54) is 79.7 Å². The highest BCUT2D eigenvalue weighted by Gasteiger charge is 2.20. The number of nitrogens with zero attached hydrogens (tertiary/aromatic N) is 1. The van der Waals surface area contributed by atoms with Gasteiger partial charge in [-0.2, -0.15) is 0 Å². The Morgan fingerprint density at radius 1 is 0.897 bits per heavy atom. The first-order valence-electron chi connectivity index (χ1n) is 11.7. The molecule has 0 spiro atoms. The quantitative estimate of drug-likeness (QED) is 0.404. The molecule has 0 saturated heterocycles. The normalized spacial score (nSPS) is 14.6. The minimum atomic E-state index is -0.402. The zero-order valence-electron chi connectivity index (χ0n) is 18.5. The summed E-state index contributed by atoms with van der Waals surface area (Å²) in [6.45, 7) is 7.50. The standard InChI is InChI=1S/C26H39NO.ClH/c1-3-5-11-17-27(18-12-6-4-2)20-26(28)25-19-21-13-7-8-14-22(21)23-15-9-10-16-24(23)25;/h9-10,15-16,19,26,28H,3-8,11-14,17-18,20H2,1-2H3;1H. The van der Waals surface area contributed by atoms with Crippen molar-refractivity contribution < 1.29 is 5.11 Å². The van der Waals surface area contributed by atoms with Gasteiger partial charge < -0.3 is 10.0 Å². The second kappa shape index (κ2) is 12.6. The Hall–Kier alpha value is -1.09. The molecular weight excluding hydrogens is 378 g/mol. The number of halogens is 1. The van der Waals surface area contributed by atoms with E-state index in [1.807, 2.05) is 0 Å². The van der Waals surface area contributed by atoms with Crippen molar-refractivity contribution in [1.82, 2.24) is 4.90 Å². The van der Waals surface area contributed by atoms with E-state index in [0.29, 0.717) is 0 Å². The van der Waals surface area contributed by atoms with E-state index >= 15 is 0 Å². The monoisotopic (exact) mass is 417 g/mol. The van der Waals surface area contributed by atoms with Crippen molar-refractivity contribution in [3.63, 3.8) is 0 Å². The van der Waals surface area contributed by atoms with Crippen LogP contribution in [0.2, 0.25) is 0 Å². The van der Waals surface area contributed by atoms with Gasteiger partial charge in [0, 0.05) is 6.54 Å². The summed E-state index contributed by atoms with van der Waals surface area (Å²) in [6, 6.07) is 11.1. The maximum absolute atomic E-state index is 11.3. The van der Waals surface area contributed by atoms with Crippen LogP contribution in [0.4, 0.5) is 0 Å². The number of benzene rings is 2. The molecule has 1 N–H and O–H groups in total. The summed E-state index contributed by atoms with van der Waals surface area (Å²) < 4.78 is 0. The lowest BCUT2D eigenvalue weighted by Gasteiger charge is -2.27. The van der Waals surface area contributed by atoms with Crippen LogP contribution in [0.5, 0.6) is 0 Å². The van der Waals surface area contributed by atoms with Crippen LogP contribution in [0.25, 0.3) is 10.8 Å². The fourth-order valence-corrected chi connectivity index (χ4v) is 4.74. The predicted octanol–water partition coefficient (Wildman–Crippen LogP) is 6.86. The van der Waals surface area contributed by atoms with E-state index in [9.17, 15) is 5.11 Å². The molecule has 0 bridgehead atoms. The molecule has 0 heterocycles. The van der Waals surface area contributed by atoms with Gasteiger partial charge in [-0.25, -0.2) is 0 Å². The summed E-state index contributed by atoms with van der Waals surface area (Å²) in [6.07, 6.45) is 12.1. The minimum absolute atomic E-state index is 0. The summed E-state index contributed by atoms with van der Waals surface area (Å²) in [5, 5.41) is 13.9. The van der Waals surface area contributed by atoms with Gasteiger partial charge in [-0.05, 0) is 79.1 Å². The van der Waals surface area contributed by atoms with E-state index in [1.54, 1.807) is 0 Å². The first kappa shape index (κ1) is 24.2. The lowest BCUT2D eigenvalue weighted by Crippen LogP contribution is -2.31. The minimum Gasteiger partial charge on any atom is -0.387 e. The summed E-state index contributed by atoms with van der Waals surface area (Å²) in [4.78, 5) is 2.50. The number of aliphatic hydroxyl groups is 1. The second-order valence-electron chi connectivity index (χ2n) is 8.59. The van der Waals surface area contributed by atoms with Crippen molar-refractivity contribution >= 4 is 23.2 Å². The SMILES string of the molecule is CCCCCN(CCCCC)CC(O)c1cc2c(c3ccccc13)CCCC2.Cl. The highest BCUT2D eigenvalue weighted by atomic mass is 35.5. The molecule has 3 heteroatoms. The van der Waals surface area contributed by atoms with Crippen molar-refractivity contribution in [2.45, 2.75) is 84.2 Å². The van der Waals surface area contributed by atoms with E-state index in [4.69, 9.17) is 0 Å². The molecule has 2 nitrogen and oxygen atoms in total. The lowest BCUT2D eigenvalue weighted by molar-refractivity contribution is 0.111. The molecule has 0 saturated carbocycles. The third-order valence-electron chi connectivity index (χ3n) is 6.35. The summed E-state index contributed by atoms with van der Waals surface area (Å²) >= 11 is 0. The topological polar surface area (TPSA) is 23.5 Å². The average Bonchev–Trinajstić information content (AvgIpc) is 2.73. The fourth-order valence-electron chi connectivity index (χ4n) is 4.74. The zero-order chi connectivity index (χ0) is 19.8. The summed E-state index contributed by atoms with van der Waals surface area (Å²) in [7, 11) is 0. The summed E-state index contributed by atoms with van der Waals surface area (Å²) in [5.41, 5.74) is 4.15. The van der Waals surface area contributed by atoms with Crippen LogP contribution in [-0.4, -0.2) is 29.6 Å². The molecule has 162 valence electrons. The van der Waals surface area contributed by atoms with E-state index in [0.717, 1.165) is 31.6 Å². The maximum Gasteiger partial charge on any atom is 0.0923 e. The van der Waals surface area contributed by atoms with Crippen LogP contribution in [0.3, 0.4) is 0 Å². The van der Waals surface area contributed by atoms with Crippen LogP contribution in [0.15, 0.2) is 30.3 Å². The van der Waals surface area contributed by atoms with Crippen LogP contribution in [-0.2, 0) is 12.8 Å². The Morgan fingerprint density at radius 3 is 2.17 bits per heavy atom. The largest absolute Gasteiger partial charge is 0.387 e.